The zero-order valence-electron chi connectivity index (χ0n) is 13.3. The summed E-state index contributed by atoms with van der Waals surface area (Å²) in [5, 5.41) is 13.9. The summed E-state index contributed by atoms with van der Waals surface area (Å²) in [5.74, 6) is 0.773. The quantitative estimate of drug-likeness (QED) is 0.724. The van der Waals surface area contributed by atoms with Gasteiger partial charge >= 0.3 is 0 Å². The van der Waals surface area contributed by atoms with E-state index in [9.17, 15) is 9.90 Å². The van der Waals surface area contributed by atoms with E-state index in [0.717, 1.165) is 11.4 Å². The molecule has 1 heterocycles. The maximum atomic E-state index is 12.4. The number of anilines is 1. The second-order valence-electron chi connectivity index (χ2n) is 5.48. The first kappa shape index (κ1) is 16.0. The van der Waals surface area contributed by atoms with Crippen LogP contribution in [0.3, 0.4) is 0 Å². The van der Waals surface area contributed by atoms with Gasteiger partial charge in [-0.15, -0.1) is 0 Å². The molecule has 2 N–H and O–H groups in total. The van der Waals surface area contributed by atoms with E-state index in [2.05, 4.69) is 10.3 Å². The summed E-state index contributed by atoms with van der Waals surface area (Å²) in [4.78, 5) is 16.6. The van der Waals surface area contributed by atoms with E-state index in [1.807, 2.05) is 30.3 Å². The topological polar surface area (TPSA) is 76.4 Å². The average molecular weight is 325 g/mol. The fraction of sp³-hybridized carbons (Fsp3) is 0.222. The smallest absolute Gasteiger partial charge is 0.261 e. The van der Waals surface area contributed by atoms with E-state index in [1.165, 1.54) is 10.9 Å². The van der Waals surface area contributed by atoms with Crippen molar-refractivity contribution < 1.29 is 9.84 Å². The van der Waals surface area contributed by atoms with Gasteiger partial charge in [0.05, 0.1) is 37.0 Å². The highest BCUT2D eigenvalue weighted by molar-refractivity contribution is 5.76. The second kappa shape index (κ2) is 7.14. The Kier molecular flexibility index (Phi) is 4.77. The van der Waals surface area contributed by atoms with Crippen LogP contribution in [0.15, 0.2) is 59.7 Å². The standard InChI is InChI=1S/C18H19N3O3/c1-24-15-8-6-13(7-9-15)19-10-14(22)11-21-12-20-17-5-3-2-4-16(17)18(21)23/h2-9,12,14,19,22H,10-11H2,1H3. The number of aliphatic hydroxyl groups is 1. The number of methoxy groups -OCH3 is 1. The average Bonchev–Trinajstić information content (AvgIpc) is 2.63. The van der Waals surface area contributed by atoms with Crippen LogP contribution in [0.5, 0.6) is 5.75 Å². The van der Waals surface area contributed by atoms with Crippen molar-refractivity contribution in [1.29, 1.82) is 0 Å². The monoisotopic (exact) mass is 325 g/mol. The normalized spacial score (nSPS) is 12.1. The van der Waals surface area contributed by atoms with Crippen molar-refractivity contribution in [3.63, 3.8) is 0 Å². The molecule has 6 nitrogen and oxygen atoms in total. The minimum atomic E-state index is -0.715. The van der Waals surface area contributed by atoms with Crippen molar-refractivity contribution in [2.75, 3.05) is 19.0 Å². The molecule has 124 valence electrons. The first-order chi connectivity index (χ1) is 11.7. The second-order valence-corrected chi connectivity index (χ2v) is 5.48. The summed E-state index contributed by atoms with van der Waals surface area (Å²) in [6.07, 6.45) is 0.758. The minimum absolute atomic E-state index is 0.149. The molecule has 0 aliphatic carbocycles. The third-order valence-electron chi connectivity index (χ3n) is 3.77. The number of fused-ring (bicyclic) bond motifs is 1. The number of para-hydroxylation sites is 1. The lowest BCUT2D eigenvalue weighted by molar-refractivity contribution is 0.165. The Bertz CT molecular complexity index is 875. The maximum absolute atomic E-state index is 12.4. The summed E-state index contributed by atoms with van der Waals surface area (Å²) in [5.41, 5.74) is 1.38. The highest BCUT2D eigenvalue weighted by Crippen LogP contribution is 2.14. The molecule has 0 saturated heterocycles. The van der Waals surface area contributed by atoms with Gasteiger partial charge in [0.25, 0.3) is 5.56 Å². The molecule has 24 heavy (non-hydrogen) atoms. The lowest BCUT2D eigenvalue weighted by Gasteiger charge is -2.14. The molecule has 2 aromatic carbocycles. The highest BCUT2D eigenvalue weighted by atomic mass is 16.5. The molecule has 0 amide bonds. The lowest BCUT2D eigenvalue weighted by atomic mass is 10.2. The Morgan fingerprint density at radius 1 is 1.21 bits per heavy atom. The summed E-state index contributed by atoms with van der Waals surface area (Å²) < 4.78 is 6.53. The summed E-state index contributed by atoms with van der Waals surface area (Å²) in [6.45, 7) is 0.505. The zero-order chi connectivity index (χ0) is 16.9. The van der Waals surface area contributed by atoms with Gasteiger partial charge in [-0.1, -0.05) is 12.1 Å². The molecule has 3 aromatic rings. The lowest BCUT2D eigenvalue weighted by Crippen LogP contribution is -2.31. The van der Waals surface area contributed by atoms with Gasteiger partial charge in [0.15, 0.2) is 0 Å². The molecule has 3 rings (SSSR count). The van der Waals surface area contributed by atoms with Crippen molar-refractivity contribution in [2.24, 2.45) is 0 Å². The molecule has 0 bridgehead atoms. The number of hydrogen-bond donors (Lipinski definition) is 2. The van der Waals surface area contributed by atoms with E-state index in [1.54, 1.807) is 25.3 Å². The van der Waals surface area contributed by atoms with Crippen LogP contribution in [-0.2, 0) is 6.54 Å². The third-order valence-corrected chi connectivity index (χ3v) is 3.77. The van der Waals surface area contributed by atoms with Crippen molar-refractivity contribution in [3.8, 4) is 5.75 Å². The predicted octanol–water partition coefficient (Wildman–Crippen LogP) is 1.88. The summed E-state index contributed by atoms with van der Waals surface area (Å²) in [7, 11) is 1.61. The van der Waals surface area contributed by atoms with E-state index in [4.69, 9.17) is 4.74 Å². The van der Waals surface area contributed by atoms with Crippen LogP contribution in [-0.4, -0.2) is 34.4 Å². The molecule has 0 radical (unpaired) electrons. The summed E-state index contributed by atoms with van der Waals surface area (Å²) >= 11 is 0. The minimum Gasteiger partial charge on any atom is -0.497 e. The number of nitrogens with zero attached hydrogens (tertiary/aromatic N) is 2. The fourth-order valence-corrected chi connectivity index (χ4v) is 2.47. The summed E-state index contributed by atoms with van der Waals surface area (Å²) in [6, 6.07) is 14.6. The van der Waals surface area contributed by atoms with Crippen molar-refractivity contribution in [3.05, 3.63) is 65.2 Å². The molecule has 1 aromatic heterocycles. The van der Waals surface area contributed by atoms with Crippen LogP contribution < -0.4 is 15.6 Å². The van der Waals surface area contributed by atoms with Gasteiger partial charge in [-0.2, -0.15) is 0 Å². The van der Waals surface area contributed by atoms with Gasteiger partial charge in [0.2, 0.25) is 0 Å². The predicted molar refractivity (Wildman–Crippen MR) is 93.5 cm³/mol. The van der Waals surface area contributed by atoms with Crippen molar-refractivity contribution in [1.82, 2.24) is 9.55 Å². The van der Waals surface area contributed by atoms with Crippen LogP contribution in [0, 0.1) is 0 Å². The molecule has 1 atom stereocenters. The van der Waals surface area contributed by atoms with Gasteiger partial charge in [0, 0.05) is 12.2 Å². The third kappa shape index (κ3) is 3.55. The number of ether oxygens (including phenoxy) is 1. The molecule has 1 unspecified atom stereocenters. The Morgan fingerprint density at radius 3 is 2.71 bits per heavy atom. The first-order valence-electron chi connectivity index (χ1n) is 7.67. The van der Waals surface area contributed by atoms with Gasteiger partial charge in [0.1, 0.15) is 5.75 Å². The molecular weight excluding hydrogens is 306 g/mol. The number of benzene rings is 2. The molecule has 0 aliphatic rings. The van der Waals surface area contributed by atoms with Crippen LogP contribution in [0.25, 0.3) is 10.9 Å². The number of nitrogens with one attached hydrogen (secondary N) is 1. The van der Waals surface area contributed by atoms with Crippen molar-refractivity contribution >= 4 is 16.6 Å². The Labute approximate surface area is 139 Å². The molecule has 0 fully saturated rings. The fourth-order valence-electron chi connectivity index (χ4n) is 2.47. The number of aromatic nitrogens is 2. The van der Waals surface area contributed by atoms with Gasteiger partial charge in [-0.3, -0.25) is 9.36 Å². The molecule has 0 aliphatic heterocycles. The van der Waals surface area contributed by atoms with E-state index >= 15 is 0 Å². The van der Waals surface area contributed by atoms with E-state index < -0.39 is 6.10 Å². The van der Waals surface area contributed by atoms with Gasteiger partial charge in [-0.25, -0.2) is 4.98 Å². The van der Waals surface area contributed by atoms with E-state index in [0.29, 0.717) is 17.4 Å². The Hall–Kier alpha value is -2.86. The maximum Gasteiger partial charge on any atom is 0.261 e. The van der Waals surface area contributed by atoms with Crippen molar-refractivity contribution in [2.45, 2.75) is 12.6 Å². The van der Waals surface area contributed by atoms with Crippen LogP contribution in [0.2, 0.25) is 0 Å². The van der Waals surface area contributed by atoms with Crippen LogP contribution in [0.1, 0.15) is 0 Å². The number of rotatable bonds is 6. The Balaban J connectivity index is 1.65. The Morgan fingerprint density at radius 2 is 1.96 bits per heavy atom. The van der Waals surface area contributed by atoms with Gasteiger partial charge in [-0.05, 0) is 36.4 Å². The molecular formula is C18H19N3O3. The van der Waals surface area contributed by atoms with Crippen LogP contribution >= 0.6 is 0 Å². The van der Waals surface area contributed by atoms with E-state index in [-0.39, 0.29) is 12.1 Å². The number of hydrogen-bond acceptors (Lipinski definition) is 5. The SMILES string of the molecule is COc1ccc(NCC(O)Cn2cnc3ccccc3c2=O)cc1. The zero-order valence-corrected chi connectivity index (χ0v) is 13.3. The first-order valence-corrected chi connectivity index (χ1v) is 7.67. The van der Waals surface area contributed by atoms with Gasteiger partial charge < -0.3 is 15.2 Å². The molecule has 6 heteroatoms. The van der Waals surface area contributed by atoms with Crippen LogP contribution in [0.4, 0.5) is 5.69 Å². The number of aliphatic hydroxyl groups excluding tert-OH is 1. The molecule has 0 spiro atoms. The largest absolute Gasteiger partial charge is 0.497 e. The highest BCUT2D eigenvalue weighted by Gasteiger charge is 2.09. The molecule has 0 saturated carbocycles.